The topological polar surface area (TPSA) is 12.5 Å². The van der Waals surface area contributed by atoms with E-state index in [-0.39, 0.29) is 5.69 Å². The number of unbranched alkanes of at least 4 members (excludes halogenated alkanes) is 11. The fraction of sp³-hybridized carbons (Fsp3) is 0.882. The molecule has 0 aliphatic carbocycles. The molecule has 3 heteroatoms. The predicted octanol–water partition coefficient (Wildman–Crippen LogP) is 6.01. The van der Waals surface area contributed by atoms with Crippen LogP contribution in [0.3, 0.4) is 0 Å². The highest BCUT2D eigenvalue weighted by molar-refractivity contribution is 6.19. The summed E-state index contributed by atoms with van der Waals surface area (Å²) in [6, 6.07) is 0. The molecule has 2 nitrogen and oxygen atoms in total. The van der Waals surface area contributed by atoms with Crippen molar-refractivity contribution in [2.75, 3.05) is 6.54 Å². The Bertz CT molecular complexity index is 245. The van der Waals surface area contributed by atoms with Gasteiger partial charge in [-0.2, -0.15) is 0 Å². The summed E-state index contributed by atoms with van der Waals surface area (Å²) < 4.78 is 5.13. The molecule has 1 heterocycles. The minimum Gasteiger partial charge on any atom is -0.463 e. The van der Waals surface area contributed by atoms with Gasteiger partial charge in [-0.15, -0.1) is 0 Å². The maximum Gasteiger partial charge on any atom is 0.249 e. The number of rotatable bonds is 13. The van der Waals surface area contributed by atoms with Crippen molar-refractivity contribution in [2.45, 2.75) is 89.7 Å². The molecule has 1 aliphatic rings. The molecule has 1 aliphatic heterocycles. The highest BCUT2D eigenvalue weighted by Crippen LogP contribution is 2.16. The Hall–Kier alpha value is -0.370. The van der Waals surface area contributed by atoms with E-state index < -0.39 is 0 Å². The molecule has 0 aromatic rings. The fourth-order valence-corrected chi connectivity index (χ4v) is 2.86. The molecule has 0 aromatic carbocycles. The van der Waals surface area contributed by atoms with Crippen LogP contribution in [0.15, 0.2) is 12.5 Å². The lowest BCUT2D eigenvalue weighted by Crippen LogP contribution is -2.23. The van der Waals surface area contributed by atoms with Gasteiger partial charge in [0.15, 0.2) is 0 Å². The highest BCUT2D eigenvalue weighted by atomic mass is 35.5. The molecule has 0 saturated heterocycles. The summed E-state index contributed by atoms with van der Waals surface area (Å²) in [6.45, 7) is 3.29. The van der Waals surface area contributed by atoms with Crippen molar-refractivity contribution in [2.24, 2.45) is 0 Å². The SMILES string of the molecule is CCCCCCCCCCCCCCN1C=COC1Cl. The Labute approximate surface area is 130 Å². The minimum absolute atomic E-state index is 0.275. The standard InChI is InChI=1S/C17H32ClNO/c1-2-3-4-5-6-7-8-9-10-11-12-13-14-19-15-16-20-17(19)18/h15-17H,2-14H2,1H3. The second kappa shape index (κ2) is 12.4. The molecule has 0 fully saturated rings. The molecular weight excluding hydrogens is 270 g/mol. The number of alkyl halides is 1. The van der Waals surface area contributed by atoms with Gasteiger partial charge < -0.3 is 9.64 Å². The average Bonchev–Trinajstić information content (AvgIpc) is 2.85. The van der Waals surface area contributed by atoms with E-state index in [0.717, 1.165) is 6.54 Å². The van der Waals surface area contributed by atoms with Crippen LogP contribution in [0.2, 0.25) is 0 Å². The van der Waals surface area contributed by atoms with Crippen LogP contribution in [0.25, 0.3) is 0 Å². The molecule has 0 aromatic heterocycles. The van der Waals surface area contributed by atoms with Gasteiger partial charge in [-0.05, 0) is 6.42 Å². The van der Waals surface area contributed by atoms with Crippen molar-refractivity contribution in [3.63, 3.8) is 0 Å². The smallest absolute Gasteiger partial charge is 0.249 e. The Morgan fingerprint density at radius 2 is 1.35 bits per heavy atom. The van der Waals surface area contributed by atoms with Gasteiger partial charge in [0.25, 0.3) is 0 Å². The van der Waals surface area contributed by atoms with E-state index in [9.17, 15) is 0 Å². The van der Waals surface area contributed by atoms with E-state index in [2.05, 4.69) is 11.8 Å². The molecule has 20 heavy (non-hydrogen) atoms. The third-order valence-electron chi connectivity index (χ3n) is 3.97. The van der Waals surface area contributed by atoms with Gasteiger partial charge >= 0.3 is 0 Å². The van der Waals surface area contributed by atoms with Gasteiger partial charge in [0.1, 0.15) is 6.26 Å². The Kier molecular flexibility index (Phi) is 10.9. The van der Waals surface area contributed by atoms with Crippen LogP contribution in [0.5, 0.6) is 0 Å². The molecule has 0 bridgehead atoms. The first-order valence-corrected chi connectivity index (χ1v) is 9.00. The van der Waals surface area contributed by atoms with Crippen molar-refractivity contribution in [1.82, 2.24) is 4.90 Å². The second-order valence-electron chi connectivity index (χ2n) is 5.84. The zero-order valence-corrected chi connectivity index (χ0v) is 13.9. The summed E-state index contributed by atoms with van der Waals surface area (Å²) in [7, 11) is 0. The van der Waals surface area contributed by atoms with Gasteiger partial charge in [0, 0.05) is 12.7 Å². The lowest BCUT2D eigenvalue weighted by molar-refractivity contribution is 0.129. The Balaban J connectivity index is 1.73. The van der Waals surface area contributed by atoms with E-state index in [4.69, 9.17) is 16.3 Å². The predicted molar refractivity (Wildman–Crippen MR) is 87.7 cm³/mol. The van der Waals surface area contributed by atoms with Crippen molar-refractivity contribution < 1.29 is 4.74 Å². The molecular formula is C17H32ClNO. The summed E-state index contributed by atoms with van der Waals surface area (Å²) in [6.07, 6.45) is 20.3. The van der Waals surface area contributed by atoms with Crippen LogP contribution >= 0.6 is 11.6 Å². The molecule has 0 saturated carbocycles. The van der Waals surface area contributed by atoms with E-state index in [1.54, 1.807) is 6.26 Å². The third kappa shape index (κ3) is 8.73. The van der Waals surface area contributed by atoms with Crippen molar-refractivity contribution in [3.05, 3.63) is 12.5 Å². The molecule has 1 rings (SSSR count). The van der Waals surface area contributed by atoms with Crippen molar-refractivity contribution in [3.8, 4) is 0 Å². The first kappa shape index (κ1) is 17.7. The zero-order chi connectivity index (χ0) is 14.5. The number of halogens is 1. The second-order valence-corrected chi connectivity index (χ2v) is 6.21. The monoisotopic (exact) mass is 301 g/mol. The summed E-state index contributed by atoms with van der Waals surface area (Å²) in [4.78, 5) is 2.05. The van der Waals surface area contributed by atoms with Gasteiger partial charge in [-0.1, -0.05) is 89.2 Å². The normalized spacial score (nSPS) is 17.7. The van der Waals surface area contributed by atoms with Crippen molar-refractivity contribution in [1.29, 1.82) is 0 Å². The molecule has 1 unspecified atom stereocenters. The van der Waals surface area contributed by atoms with E-state index in [0.29, 0.717) is 0 Å². The molecule has 0 amide bonds. The maximum absolute atomic E-state index is 5.96. The first-order chi connectivity index (χ1) is 9.84. The summed E-state index contributed by atoms with van der Waals surface area (Å²) in [5.41, 5.74) is -0.275. The van der Waals surface area contributed by atoms with Crippen LogP contribution in [0.1, 0.15) is 84.0 Å². The first-order valence-electron chi connectivity index (χ1n) is 8.56. The Morgan fingerprint density at radius 3 is 1.80 bits per heavy atom. The van der Waals surface area contributed by atoms with Crippen LogP contribution in [0.4, 0.5) is 0 Å². The van der Waals surface area contributed by atoms with Crippen LogP contribution in [-0.4, -0.2) is 17.1 Å². The molecule has 0 N–H and O–H groups in total. The molecule has 118 valence electrons. The minimum atomic E-state index is -0.275. The van der Waals surface area contributed by atoms with Crippen LogP contribution in [0, 0.1) is 0 Å². The van der Waals surface area contributed by atoms with E-state index in [1.807, 2.05) is 6.20 Å². The van der Waals surface area contributed by atoms with E-state index >= 15 is 0 Å². The summed E-state index contributed by atoms with van der Waals surface area (Å²) in [5, 5.41) is 0. The zero-order valence-electron chi connectivity index (χ0n) is 13.2. The van der Waals surface area contributed by atoms with Crippen LogP contribution in [-0.2, 0) is 4.74 Å². The van der Waals surface area contributed by atoms with Gasteiger partial charge in [0.2, 0.25) is 5.69 Å². The lowest BCUT2D eigenvalue weighted by Gasteiger charge is -2.18. The third-order valence-corrected chi connectivity index (χ3v) is 4.33. The molecule has 1 atom stereocenters. The molecule has 0 radical (unpaired) electrons. The molecule has 0 spiro atoms. The van der Waals surface area contributed by atoms with Gasteiger partial charge in [-0.3, -0.25) is 0 Å². The summed E-state index contributed by atoms with van der Waals surface area (Å²) >= 11 is 5.96. The van der Waals surface area contributed by atoms with Gasteiger partial charge in [-0.25, -0.2) is 0 Å². The maximum atomic E-state index is 5.96. The van der Waals surface area contributed by atoms with Crippen molar-refractivity contribution >= 4 is 11.6 Å². The highest BCUT2D eigenvalue weighted by Gasteiger charge is 2.15. The fourth-order valence-electron chi connectivity index (χ4n) is 2.64. The average molecular weight is 302 g/mol. The quantitative estimate of drug-likeness (QED) is 0.234. The number of hydrogen-bond donors (Lipinski definition) is 0. The Morgan fingerprint density at radius 1 is 0.850 bits per heavy atom. The summed E-state index contributed by atoms with van der Waals surface area (Å²) in [5.74, 6) is 0. The number of nitrogens with zero attached hydrogens (tertiary/aromatic N) is 1. The number of ether oxygens (including phenoxy) is 1. The van der Waals surface area contributed by atoms with Crippen LogP contribution < -0.4 is 0 Å². The number of hydrogen-bond acceptors (Lipinski definition) is 2. The van der Waals surface area contributed by atoms with Gasteiger partial charge in [0.05, 0.1) is 0 Å². The van der Waals surface area contributed by atoms with E-state index in [1.165, 1.54) is 77.0 Å². The lowest BCUT2D eigenvalue weighted by atomic mass is 10.1. The largest absolute Gasteiger partial charge is 0.463 e.